The maximum atomic E-state index is 14.0. The Kier molecular flexibility index (Phi) is 10.6. The maximum absolute atomic E-state index is 14.0. The SMILES string of the molecule is CCC(C)NC(=O)C(C)N(Cc1c(Cl)cccc1Cl)C(=O)CN(c1cccc(C)c1)S(=O)(=O)c1ccc(C)cc1. The highest BCUT2D eigenvalue weighted by Gasteiger charge is 2.33. The summed E-state index contributed by atoms with van der Waals surface area (Å²) < 4.78 is 28.9. The average molecular weight is 605 g/mol. The van der Waals surface area contributed by atoms with Crippen LogP contribution in [0.2, 0.25) is 10.0 Å². The summed E-state index contributed by atoms with van der Waals surface area (Å²) in [7, 11) is -4.14. The number of benzene rings is 3. The minimum atomic E-state index is -4.14. The highest BCUT2D eigenvalue weighted by atomic mass is 35.5. The van der Waals surface area contributed by atoms with Crippen LogP contribution in [0.15, 0.2) is 71.6 Å². The third kappa shape index (κ3) is 7.56. The Morgan fingerprint density at radius 3 is 2.08 bits per heavy atom. The van der Waals surface area contributed by atoms with Crippen LogP contribution < -0.4 is 9.62 Å². The van der Waals surface area contributed by atoms with Crippen molar-refractivity contribution in [1.82, 2.24) is 10.2 Å². The predicted octanol–water partition coefficient (Wildman–Crippen LogP) is 6.14. The third-order valence-corrected chi connectivity index (χ3v) is 9.23. The lowest BCUT2D eigenvalue weighted by atomic mass is 10.1. The first kappa shape index (κ1) is 31.5. The molecule has 40 heavy (non-hydrogen) atoms. The number of halogens is 2. The molecule has 0 fully saturated rings. The topological polar surface area (TPSA) is 86.8 Å². The van der Waals surface area contributed by atoms with Gasteiger partial charge in [-0.15, -0.1) is 0 Å². The highest BCUT2D eigenvalue weighted by Crippen LogP contribution is 2.28. The van der Waals surface area contributed by atoms with Crippen LogP contribution >= 0.6 is 23.2 Å². The average Bonchev–Trinajstić information content (AvgIpc) is 2.91. The first-order chi connectivity index (χ1) is 18.8. The van der Waals surface area contributed by atoms with Crippen molar-refractivity contribution >= 4 is 50.7 Å². The van der Waals surface area contributed by atoms with Crippen molar-refractivity contribution in [3.63, 3.8) is 0 Å². The molecule has 3 aromatic rings. The molecule has 0 saturated carbocycles. The third-order valence-electron chi connectivity index (χ3n) is 6.74. The van der Waals surface area contributed by atoms with Crippen LogP contribution in [0.25, 0.3) is 0 Å². The molecule has 7 nitrogen and oxygen atoms in total. The van der Waals surface area contributed by atoms with Crippen molar-refractivity contribution in [2.45, 2.75) is 64.6 Å². The second kappa shape index (κ2) is 13.5. The molecule has 2 atom stereocenters. The molecular weight excluding hydrogens is 569 g/mol. The molecule has 0 aliphatic rings. The molecule has 2 unspecified atom stereocenters. The summed E-state index contributed by atoms with van der Waals surface area (Å²) in [6.45, 7) is 8.50. The number of sulfonamides is 1. The Labute approximate surface area is 247 Å². The summed E-state index contributed by atoms with van der Waals surface area (Å²) in [5, 5.41) is 3.57. The van der Waals surface area contributed by atoms with Crippen LogP contribution in [0.5, 0.6) is 0 Å². The normalized spacial score (nSPS) is 12.9. The van der Waals surface area contributed by atoms with E-state index in [9.17, 15) is 18.0 Å². The zero-order valence-electron chi connectivity index (χ0n) is 23.3. The standard InChI is InChI=1S/C30H35Cl2N3O4S/c1-6-22(4)33-30(37)23(5)34(18-26-27(31)11-8-12-28(26)32)29(36)19-35(24-10-7-9-21(3)17-24)40(38,39)25-15-13-20(2)14-16-25/h7-17,22-23H,6,18-19H2,1-5H3,(H,33,37). The number of hydrogen-bond acceptors (Lipinski definition) is 4. The monoisotopic (exact) mass is 603 g/mol. The number of carbonyl (C=O) groups is 2. The maximum Gasteiger partial charge on any atom is 0.264 e. The molecule has 3 rings (SSSR count). The summed E-state index contributed by atoms with van der Waals surface area (Å²) in [5.74, 6) is -0.950. The number of aryl methyl sites for hydroxylation is 2. The summed E-state index contributed by atoms with van der Waals surface area (Å²) in [5.41, 5.74) is 2.53. The zero-order valence-corrected chi connectivity index (χ0v) is 25.6. The lowest BCUT2D eigenvalue weighted by Crippen LogP contribution is -2.52. The van der Waals surface area contributed by atoms with Crippen molar-refractivity contribution in [3.05, 3.63) is 93.5 Å². The van der Waals surface area contributed by atoms with E-state index in [0.29, 0.717) is 27.7 Å². The van der Waals surface area contributed by atoms with Crippen LogP contribution in [0.4, 0.5) is 5.69 Å². The van der Waals surface area contributed by atoms with Gasteiger partial charge in [0.05, 0.1) is 10.6 Å². The van der Waals surface area contributed by atoms with Crippen molar-refractivity contribution < 1.29 is 18.0 Å². The lowest BCUT2D eigenvalue weighted by Gasteiger charge is -2.33. The van der Waals surface area contributed by atoms with E-state index in [0.717, 1.165) is 15.4 Å². The molecule has 0 aromatic heterocycles. The molecule has 0 radical (unpaired) electrons. The molecule has 0 heterocycles. The number of nitrogens with one attached hydrogen (secondary N) is 1. The van der Waals surface area contributed by atoms with Gasteiger partial charge in [0, 0.05) is 28.2 Å². The van der Waals surface area contributed by atoms with Gasteiger partial charge in [0.2, 0.25) is 11.8 Å². The smallest absolute Gasteiger partial charge is 0.264 e. The second-order valence-electron chi connectivity index (χ2n) is 9.88. The molecule has 0 aliphatic heterocycles. The molecular formula is C30H35Cl2N3O4S. The van der Waals surface area contributed by atoms with Crippen molar-refractivity contribution in [2.24, 2.45) is 0 Å². The van der Waals surface area contributed by atoms with Gasteiger partial charge in [-0.05, 0) is 76.1 Å². The molecule has 3 aromatic carbocycles. The van der Waals surface area contributed by atoms with E-state index < -0.39 is 28.5 Å². The number of anilines is 1. The van der Waals surface area contributed by atoms with Gasteiger partial charge in [-0.25, -0.2) is 8.42 Å². The van der Waals surface area contributed by atoms with Crippen molar-refractivity contribution in [1.29, 1.82) is 0 Å². The molecule has 10 heteroatoms. The minimum absolute atomic E-state index is 0.0515. The zero-order chi connectivity index (χ0) is 29.6. The lowest BCUT2D eigenvalue weighted by molar-refractivity contribution is -0.139. The van der Waals surface area contributed by atoms with Crippen molar-refractivity contribution in [3.8, 4) is 0 Å². The number of amides is 2. The van der Waals surface area contributed by atoms with E-state index in [1.165, 1.54) is 17.0 Å². The Bertz CT molecular complexity index is 1440. The largest absolute Gasteiger partial charge is 0.352 e. The van der Waals surface area contributed by atoms with Crippen LogP contribution in [0.3, 0.4) is 0 Å². The molecule has 2 amide bonds. The Balaban J connectivity index is 2.07. The summed E-state index contributed by atoms with van der Waals surface area (Å²) >= 11 is 12.8. The van der Waals surface area contributed by atoms with E-state index in [1.54, 1.807) is 55.5 Å². The van der Waals surface area contributed by atoms with Gasteiger partial charge in [-0.3, -0.25) is 13.9 Å². The number of carbonyl (C=O) groups excluding carboxylic acids is 2. The molecule has 1 N–H and O–H groups in total. The fourth-order valence-corrected chi connectivity index (χ4v) is 5.97. The Morgan fingerprint density at radius 1 is 0.900 bits per heavy atom. The molecule has 0 spiro atoms. The van der Waals surface area contributed by atoms with Crippen LogP contribution in [0, 0.1) is 13.8 Å². The molecule has 0 bridgehead atoms. The quantitative estimate of drug-likeness (QED) is 0.285. The van der Waals surface area contributed by atoms with Gasteiger partial charge in [0.15, 0.2) is 0 Å². The number of nitrogens with zero attached hydrogens (tertiary/aromatic N) is 2. The highest BCUT2D eigenvalue weighted by molar-refractivity contribution is 7.92. The van der Waals surface area contributed by atoms with Crippen molar-refractivity contribution in [2.75, 3.05) is 10.8 Å². The summed E-state index contributed by atoms with van der Waals surface area (Å²) in [4.78, 5) is 28.6. The molecule has 0 saturated heterocycles. The van der Waals surface area contributed by atoms with E-state index in [4.69, 9.17) is 23.2 Å². The Morgan fingerprint density at radius 2 is 1.50 bits per heavy atom. The van der Waals surface area contributed by atoms with E-state index in [1.807, 2.05) is 33.8 Å². The van der Waals surface area contributed by atoms with Gasteiger partial charge in [-0.1, -0.05) is 66.0 Å². The first-order valence-corrected chi connectivity index (χ1v) is 15.2. The summed E-state index contributed by atoms with van der Waals surface area (Å²) in [6, 6.07) is 17.3. The van der Waals surface area contributed by atoms with Crippen LogP contribution in [-0.2, 0) is 26.2 Å². The van der Waals surface area contributed by atoms with Gasteiger partial charge >= 0.3 is 0 Å². The number of hydrogen-bond donors (Lipinski definition) is 1. The molecule has 0 aliphatic carbocycles. The summed E-state index contributed by atoms with van der Waals surface area (Å²) in [6.07, 6.45) is 0.707. The fraction of sp³-hybridized carbons (Fsp3) is 0.333. The minimum Gasteiger partial charge on any atom is -0.352 e. The Hall–Kier alpha value is -3.07. The van der Waals surface area contributed by atoms with Gasteiger partial charge in [-0.2, -0.15) is 0 Å². The van der Waals surface area contributed by atoms with Gasteiger partial charge in [0.25, 0.3) is 10.0 Å². The van der Waals surface area contributed by atoms with E-state index >= 15 is 0 Å². The first-order valence-electron chi connectivity index (χ1n) is 13.0. The predicted molar refractivity (Wildman–Crippen MR) is 161 cm³/mol. The van der Waals surface area contributed by atoms with E-state index in [2.05, 4.69) is 5.32 Å². The number of rotatable bonds is 11. The fourth-order valence-electron chi connectivity index (χ4n) is 4.05. The van der Waals surface area contributed by atoms with Crippen LogP contribution in [0.1, 0.15) is 43.9 Å². The van der Waals surface area contributed by atoms with E-state index in [-0.39, 0.29) is 23.4 Å². The second-order valence-corrected chi connectivity index (χ2v) is 12.6. The van der Waals surface area contributed by atoms with Gasteiger partial charge < -0.3 is 10.2 Å². The van der Waals surface area contributed by atoms with Crippen LogP contribution in [-0.4, -0.2) is 43.8 Å². The van der Waals surface area contributed by atoms with Gasteiger partial charge in [0.1, 0.15) is 12.6 Å². The molecule has 214 valence electrons.